The Kier molecular flexibility index (Phi) is 5.46. The highest BCUT2D eigenvalue weighted by Gasteiger charge is 2.06. The number of hydrogen-bond acceptors (Lipinski definition) is 3. The van der Waals surface area contributed by atoms with Crippen LogP contribution in [0, 0.1) is 5.82 Å². The third kappa shape index (κ3) is 4.34. The molecule has 0 saturated heterocycles. The number of aliphatic hydroxyl groups is 1. The third-order valence-electron chi connectivity index (χ3n) is 3.88. The molecule has 3 rings (SSSR count). The predicted molar refractivity (Wildman–Crippen MR) is 92.8 cm³/mol. The van der Waals surface area contributed by atoms with Gasteiger partial charge in [-0.25, -0.2) is 4.39 Å². The maximum Gasteiger partial charge on any atom is 0.123 e. The van der Waals surface area contributed by atoms with Crippen LogP contribution in [0.1, 0.15) is 5.56 Å². The second-order valence-corrected chi connectivity index (χ2v) is 5.73. The van der Waals surface area contributed by atoms with Crippen molar-refractivity contribution in [2.75, 3.05) is 19.7 Å². The van der Waals surface area contributed by atoms with Gasteiger partial charge in [0.2, 0.25) is 0 Å². The summed E-state index contributed by atoms with van der Waals surface area (Å²) in [6, 6.07) is 14.0. The second-order valence-electron chi connectivity index (χ2n) is 5.73. The molecule has 1 aromatic heterocycles. The number of para-hydroxylation sites is 1. The summed E-state index contributed by atoms with van der Waals surface area (Å²) in [6.07, 6.45) is 2.30. The molecule has 0 spiro atoms. The molecule has 0 aliphatic carbocycles. The number of fused-ring (bicyclic) bond motifs is 1. The van der Waals surface area contributed by atoms with Crippen molar-refractivity contribution < 1.29 is 14.2 Å². The zero-order valence-corrected chi connectivity index (χ0v) is 13.3. The van der Waals surface area contributed by atoms with Crippen molar-refractivity contribution in [3.8, 4) is 5.75 Å². The Bertz CT molecular complexity index is 770. The van der Waals surface area contributed by atoms with E-state index in [0.29, 0.717) is 12.3 Å². The van der Waals surface area contributed by atoms with Gasteiger partial charge in [0, 0.05) is 23.6 Å². The lowest BCUT2D eigenvalue weighted by atomic mass is 10.1. The SMILES string of the molecule is O[C@@H](CNCCc1c[nH]c2ccccc12)COc1ccc(F)cc1. The van der Waals surface area contributed by atoms with Crippen molar-refractivity contribution in [2.45, 2.75) is 12.5 Å². The number of aromatic nitrogens is 1. The van der Waals surface area contributed by atoms with E-state index in [9.17, 15) is 9.50 Å². The average Bonchev–Trinajstić information content (AvgIpc) is 3.01. The number of halogens is 1. The van der Waals surface area contributed by atoms with E-state index in [1.807, 2.05) is 18.3 Å². The molecule has 4 nitrogen and oxygen atoms in total. The summed E-state index contributed by atoms with van der Waals surface area (Å²) in [4.78, 5) is 3.26. The fraction of sp³-hybridized carbons (Fsp3) is 0.263. The van der Waals surface area contributed by atoms with E-state index in [-0.39, 0.29) is 12.4 Å². The van der Waals surface area contributed by atoms with Gasteiger partial charge in [-0.05, 0) is 48.9 Å². The van der Waals surface area contributed by atoms with Crippen molar-refractivity contribution in [3.63, 3.8) is 0 Å². The molecule has 3 aromatic rings. The Morgan fingerprint density at radius 2 is 1.92 bits per heavy atom. The molecule has 126 valence electrons. The lowest BCUT2D eigenvalue weighted by molar-refractivity contribution is 0.106. The van der Waals surface area contributed by atoms with Crippen LogP contribution in [0.2, 0.25) is 0 Å². The number of benzene rings is 2. The molecule has 1 heterocycles. The molecule has 2 aromatic carbocycles. The lowest BCUT2D eigenvalue weighted by Crippen LogP contribution is -2.32. The van der Waals surface area contributed by atoms with Gasteiger partial charge in [0.15, 0.2) is 0 Å². The summed E-state index contributed by atoms with van der Waals surface area (Å²) < 4.78 is 18.2. The quantitative estimate of drug-likeness (QED) is 0.557. The van der Waals surface area contributed by atoms with Gasteiger partial charge in [-0.2, -0.15) is 0 Å². The molecule has 5 heteroatoms. The Morgan fingerprint density at radius 1 is 1.12 bits per heavy atom. The third-order valence-corrected chi connectivity index (χ3v) is 3.88. The van der Waals surface area contributed by atoms with Gasteiger partial charge in [0.1, 0.15) is 24.3 Å². The van der Waals surface area contributed by atoms with E-state index < -0.39 is 6.10 Å². The highest BCUT2D eigenvalue weighted by Crippen LogP contribution is 2.17. The molecule has 1 atom stereocenters. The van der Waals surface area contributed by atoms with Gasteiger partial charge in [-0.1, -0.05) is 18.2 Å². The fourth-order valence-electron chi connectivity index (χ4n) is 2.61. The van der Waals surface area contributed by atoms with E-state index in [4.69, 9.17) is 4.74 Å². The van der Waals surface area contributed by atoms with Crippen molar-refractivity contribution in [3.05, 3.63) is 66.1 Å². The molecule has 0 fully saturated rings. The maximum absolute atomic E-state index is 12.8. The minimum absolute atomic E-state index is 0.172. The summed E-state index contributed by atoms with van der Waals surface area (Å²) >= 11 is 0. The van der Waals surface area contributed by atoms with Crippen molar-refractivity contribution in [1.29, 1.82) is 0 Å². The standard InChI is InChI=1S/C19H21FN2O2/c20-15-5-7-17(8-6-15)24-13-16(23)12-21-10-9-14-11-22-19-4-2-1-3-18(14)19/h1-8,11,16,21-23H,9-10,12-13H2/t16-/m0/s1. The van der Waals surface area contributed by atoms with Crippen molar-refractivity contribution in [2.24, 2.45) is 0 Å². The van der Waals surface area contributed by atoms with Crippen LogP contribution in [0.15, 0.2) is 54.7 Å². The van der Waals surface area contributed by atoms with Crippen LogP contribution in [-0.4, -0.2) is 35.9 Å². The van der Waals surface area contributed by atoms with Crippen LogP contribution in [0.25, 0.3) is 10.9 Å². The monoisotopic (exact) mass is 328 g/mol. The van der Waals surface area contributed by atoms with Crippen LogP contribution < -0.4 is 10.1 Å². The number of rotatable bonds is 8. The van der Waals surface area contributed by atoms with Gasteiger partial charge >= 0.3 is 0 Å². The van der Waals surface area contributed by atoms with Crippen LogP contribution in [0.4, 0.5) is 4.39 Å². The van der Waals surface area contributed by atoms with Gasteiger partial charge < -0.3 is 20.1 Å². The Labute approximate surface area is 140 Å². The first kappa shape index (κ1) is 16.5. The van der Waals surface area contributed by atoms with E-state index in [2.05, 4.69) is 22.4 Å². The normalized spacial score (nSPS) is 12.4. The number of ether oxygens (including phenoxy) is 1. The number of H-pyrrole nitrogens is 1. The summed E-state index contributed by atoms with van der Waals surface area (Å²) in [6.45, 7) is 1.39. The topological polar surface area (TPSA) is 57.3 Å². The largest absolute Gasteiger partial charge is 0.491 e. The molecule has 0 bridgehead atoms. The summed E-state index contributed by atoms with van der Waals surface area (Å²) in [7, 11) is 0. The molecular weight excluding hydrogens is 307 g/mol. The summed E-state index contributed by atoms with van der Waals surface area (Å²) in [5.74, 6) is 0.246. The number of aliphatic hydroxyl groups excluding tert-OH is 1. The minimum Gasteiger partial charge on any atom is -0.491 e. The number of hydrogen-bond donors (Lipinski definition) is 3. The predicted octanol–water partition coefficient (Wildman–Crippen LogP) is 2.88. The first-order valence-corrected chi connectivity index (χ1v) is 8.04. The first-order valence-electron chi connectivity index (χ1n) is 8.04. The maximum atomic E-state index is 12.8. The highest BCUT2D eigenvalue weighted by atomic mass is 19.1. The first-order chi connectivity index (χ1) is 11.7. The molecular formula is C19H21FN2O2. The molecule has 3 N–H and O–H groups in total. The fourth-order valence-corrected chi connectivity index (χ4v) is 2.61. The minimum atomic E-state index is -0.613. The van der Waals surface area contributed by atoms with Gasteiger partial charge in [-0.15, -0.1) is 0 Å². The smallest absolute Gasteiger partial charge is 0.123 e. The number of aromatic amines is 1. The van der Waals surface area contributed by atoms with E-state index in [1.54, 1.807) is 12.1 Å². The Balaban J connectivity index is 1.37. The molecule has 0 amide bonds. The molecule has 0 radical (unpaired) electrons. The van der Waals surface area contributed by atoms with E-state index in [1.165, 1.54) is 23.1 Å². The molecule has 24 heavy (non-hydrogen) atoms. The van der Waals surface area contributed by atoms with Gasteiger partial charge in [0.05, 0.1) is 0 Å². The molecule has 0 unspecified atom stereocenters. The molecule has 0 aliphatic heterocycles. The highest BCUT2D eigenvalue weighted by molar-refractivity contribution is 5.83. The zero-order chi connectivity index (χ0) is 16.8. The summed E-state index contributed by atoms with van der Waals surface area (Å²) in [5, 5.41) is 14.4. The van der Waals surface area contributed by atoms with Crippen LogP contribution in [-0.2, 0) is 6.42 Å². The van der Waals surface area contributed by atoms with Crippen LogP contribution in [0.5, 0.6) is 5.75 Å². The second kappa shape index (κ2) is 7.95. The van der Waals surface area contributed by atoms with Gasteiger partial charge in [0.25, 0.3) is 0 Å². The zero-order valence-electron chi connectivity index (χ0n) is 13.3. The molecule has 0 saturated carbocycles. The van der Waals surface area contributed by atoms with E-state index >= 15 is 0 Å². The van der Waals surface area contributed by atoms with Crippen molar-refractivity contribution >= 4 is 10.9 Å². The number of nitrogens with one attached hydrogen (secondary N) is 2. The van der Waals surface area contributed by atoms with Crippen LogP contribution in [0.3, 0.4) is 0 Å². The Morgan fingerprint density at radius 3 is 2.75 bits per heavy atom. The lowest BCUT2D eigenvalue weighted by Gasteiger charge is -2.13. The van der Waals surface area contributed by atoms with E-state index in [0.717, 1.165) is 18.5 Å². The van der Waals surface area contributed by atoms with Crippen LogP contribution >= 0.6 is 0 Å². The molecule has 0 aliphatic rings. The van der Waals surface area contributed by atoms with Crippen molar-refractivity contribution in [1.82, 2.24) is 10.3 Å². The summed E-state index contributed by atoms with van der Waals surface area (Å²) in [5.41, 5.74) is 2.40. The average molecular weight is 328 g/mol. The Hall–Kier alpha value is -2.37. The van der Waals surface area contributed by atoms with Gasteiger partial charge in [-0.3, -0.25) is 0 Å².